The number of furan rings is 2. The third-order valence-electron chi connectivity index (χ3n) is 2.64. The van der Waals surface area contributed by atoms with E-state index < -0.39 is 5.97 Å². The first-order valence-corrected chi connectivity index (χ1v) is 7.46. The van der Waals surface area contributed by atoms with Crippen LogP contribution in [-0.4, -0.2) is 32.1 Å². The molecule has 0 fully saturated rings. The van der Waals surface area contributed by atoms with E-state index in [-0.39, 0.29) is 23.9 Å². The van der Waals surface area contributed by atoms with Gasteiger partial charge in [0.05, 0.1) is 6.61 Å². The van der Waals surface area contributed by atoms with Gasteiger partial charge in [-0.25, -0.2) is 4.79 Å². The van der Waals surface area contributed by atoms with Gasteiger partial charge in [0.25, 0.3) is 0 Å². The van der Waals surface area contributed by atoms with Crippen molar-refractivity contribution in [2.24, 2.45) is 0 Å². The van der Waals surface area contributed by atoms with Gasteiger partial charge in [0.15, 0.2) is 21.7 Å². The van der Waals surface area contributed by atoms with Crippen molar-refractivity contribution >= 4 is 23.5 Å². The number of carbonyl (C=O) groups is 2. The minimum Gasteiger partial charge on any atom is -0.460 e. The zero-order valence-electron chi connectivity index (χ0n) is 12.3. The second-order valence-corrected chi connectivity index (χ2v) is 5.39. The third kappa shape index (κ3) is 4.51. The van der Waals surface area contributed by atoms with Gasteiger partial charge in [0.1, 0.15) is 0 Å². The molecule has 0 spiro atoms. The Labute approximate surface area is 131 Å². The summed E-state index contributed by atoms with van der Waals surface area (Å²) in [6.45, 7) is 2.23. The van der Waals surface area contributed by atoms with Crippen LogP contribution in [0.15, 0.2) is 43.3 Å². The van der Waals surface area contributed by atoms with Crippen LogP contribution in [0.5, 0.6) is 0 Å². The number of methoxy groups -OCH3 is 1. The zero-order chi connectivity index (χ0) is 15.9. The lowest BCUT2D eigenvalue weighted by Gasteiger charge is -2.01. The van der Waals surface area contributed by atoms with Crippen LogP contribution >= 0.6 is 11.8 Å². The van der Waals surface area contributed by atoms with Crippen molar-refractivity contribution in [3.8, 4) is 0 Å². The van der Waals surface area contributed by atoms with E-state index in [0.717, 1.165) is 0 Å². The summed E-state index contributed by atoms with van der Waals surface area (Å²) in [6, 6.07) is 6.45. The van der Waals surface area contributed by atoms with Crippen molar-refractivity contribution in [2.45, 2.75) is 23.5 Å². The van der Waals surface area contributed by atoms with Crippen molar-refractivity contribution in [3.63, 3.8) is 0 Å². The van der Waals surface area contributed by atoms with E-state index in [2.05, 4.69) is 0 Å². The van der Waals surface area contributed by atoms with Crippen LogP contribution in [0.25, 0.3) is 0 Å². The lowest BCUT2D eigenvalue weighted by molar-refractivity contribution is 0.0427. The molecule has 0 amide bonds. The van der Waals surface area contributed by atoms with Crippen LogP contribution in [0, 0.1) is 0 Å². The molecule has 0 radical (unpaired) electrons. The normalized spacial score (nSPS) is 10.6. The Balaban J connectivity index is 1.90. The lowest BCUT2D eigenvalue weighted by atomic mass is 10.3. The predicted molar refractivity (Wildman–Crippen MR) is 78.3 cm³/mol. The molecule has 22 heavy (non-hydrogen) atoms. The fraction of sp³-hybridized carbons (Fsp3) is 0.333. The fourth-order valence-corrected chi connectivity index (χ4v) is 2.32. The summed E-state index contributed by atoms with van der Waals surface area (Å²) in [7, 11) is 1.59. The topological polar surface area (TPSA) is 78.9 Å². The lowest BCUT2D eigenvalue weighted by Crippen LogP contribution is -2.06. The standard InChI is InChI=1S/C15H16O6S/c1-10(16)11-4-6-13(20-11)22-14-7-5-12(21-14)15(17)19-9-3-8-18-2/h4-7H,3,8-9H2,1-2H3. The minimum atomic E-state index is -0.521. The van der Waals surface area contributed by atoms with Crippen molar-refractivity contribution in [3.05, 3.63) is 35.8 Å². The summed E-state index contributed by atoms with van der Waals surface area (Å²) in [4.78, 5) is 22.9. The Morgan fingerprint density at radius 2 is 1.68 bits per heavy atom. The highest BCUT2D eigenvalue weighted by atomic mass is 32.2. The second kappa shape index (κ2) is 7.86. The molecule has 0 saturated heterocycles. The summed E-state index contributed by atoms with van der Waals surface area (Å²) >= 11 is 1.18. The van der Waals surface area contributed by atoms with E-state index in [9.17, 15) is 9.59 Å². The van der Waals surface area contributed by atoms with Gasteiger partial charge in [-0.2, -0.15) is 0 Å². The minimum absolute atomic E-state index is 0.123. The molecule has 0 aliphatic carbocycles. The SMILES string of the molecule is COCCCOC(=O)c1ccc(Sc2ccc(C(C)=O)o2)o1. The monoisotopic (exact) mass is 324 g/mol. The molecule has 7 heteroatoms. The highest BCUT2D eigenvalue weighted by molar-refractivity contribution is 7.99. The molecule has 0 N–H and O–H groups in total. The highest BCUT2D eigenvalue weighted by Crippen LogP contribution is 2.31. The van der Waals surface area contributed by atoms with E-state index in [1.165, 1.54) is 24.8 Å². The molecule has 0 atom stereocenters. The number of ketones is 1. The average molecular weight is 324 g/mol. The third-order valence-corrected chi connectivity index (χ3v) is 3.48. The Morgan fingerprint density at radius 3 is 2.27 bits per heavy atom. The van der Waals surface area contributed by atoms with Crippen LogP contribution in [0.3, 0.4) is 0 Å². The summed E-state index contributed by atoms with van der Waals surface area (Å²) in [6.07, 6.45) is 0.630. The number of hydrogen-bond donors (Lipinski definition) is 0. The average Bonchev–Trinajstić information content (AvgIpc) is 3.13. The Hall–Kier alpha value is -1.99. The van der Waals surface area contributed by atoms with Gasteiger partial charge in [0, 0.05) is 27.1 Å². The molecule has 6 nitrogen and oxygen atoms in total. The summed E-state index contributed by atoms with van der Waals surface area (Å²) in [5.74, 6) is -0.261. The molecule has 2 heterocycles. The maximum atomic E-state index is 11.7. The number of carbonyl (C=O) groups excluding carboxylic acids is 2. The fourth-order valence-electron chi connectivity index (χ4n) is 1.59. The van der Waals surface area contributed by atoms with Crippen molar-refractivity contribution in [1.82, 2.24) is 0 Å². The molecule has 2 rings (SSSR count). The van der Waals surface area contributed by atoms with E-state index >= 15 is 0 Å². The molecule has 2 aromatic heterocycles. The van der Waals surface area contributed by atoms with Crippen LogP contribution < -0.4 is 0 Å². The molecular weight excluding hydrogens is 308 g/mol. The van der Waals surface area contributed by atoms with Gasteiger partial charge in [-0.3, -0.25) is 4.79 Å². The van der Waals surface area contributed by atoms with Crippen LogP contribution in [0.4, 0.5) is 0 Å². The molecular formula is C15H16O6S. The molecule has 0 aliphatic rings. The Kier molecular flexibility index (Phi) is 5.85. The maximum absolute atomic E-state index is 11.7. The van der Waals surface area contributed by atoms with Crippen molar-refractivity contribution < 1.29 is 27.9 Å². The van der Waals surface area contributed by atoms with Crippen LogP contribution in [0.1, 0.15) is 34.5 Å². The van der Waals surface area contributed by atoms with E-state index in [0.29, 0.717) is 23.2 Å². The molecule has 118 valence electrons. The van der Waals surface area contributed by atoms with Gasteiger partial charge in [0.2, 0.25) is 5.76 Å². The summed E-state index contributed by atoms with van der Waals surface area (Å²) in [5.41, 5.74) is 0. The Bertz CT molecular complexity index is 642. The van der Waals surface area contributed by atoms with Gasteiger partial charge in [-0.15, -0.1) is 0 Å². The smallest absolute Gasteiger partial charge is 0.374 e. The maximum Gasteiger partial charge on any atom is 0.374 e. The van der Waals surface area contributed by atoms with Crippen molar-refractivity contribution in [2.75, 3.05) is 20.3 Å². The number of hydrogen-bond acceptors (Lipinski definition) is 7. The largest absolute Gasteiger partial charge is 0.460 e. The quantitative estimate of drug-likeness (QED) is 0.418. The van der Waals surface area contributed by atoms with Gasteiger partial charge < -0.3 is 18.3 Å². The number of esters is 1. The van der Waals surface area contributed by atoms with Crippen LogP contribution in [-0.2, 0) is 9.47 Å². The molecule has 0 saturated carbocycles. The van der Waals surface area contributed by atoms with E-state index in [4.69, 9.17) is 18.3 Å². The van der Waals surface area contributed by atoms with Crippen molar-refractivity contribution in [1.29, 1.82) is 0 Å². The first-order valence-electron chi connectivity index (χ1n) is 6.64. The second-order valence-electron chi connectivity index (χ2n) is 4.38. The first-order chi connectivity index (χ1) is 10.6. The van der Waals surface area contributed by atoms with E-state index in [1.807, 2.05) is 0 Å². The zero-order valence-corrected chi connectivity index (χ0v) is 13.1. The molecule has 0 aromatic carbocycles. The van der Waals surface area contributed by atoms with E-state index in [1.54, 1.807) is 25.3 Å². The molecule has 0 bridgehead atoms. The van der Waals surface area contributed by atoms with Gasteiger partial charge >= 0.3 is 5.97 Å². The first kappa shape index (κ1) is 16.4. The number of ether oxygens (including phenoxy) is 2. The Morgan fingerprint density at radius 1 is 1.05 bits per heavy atom. The van der Waals surface area contributed by atoms with Gasteiger partial charge in [-0.05, 0) is 36.0 Å². The van der Waals surface area contributed by atoms with Crippen LogP contribution in [0.2, 0.25) is 0 Å². The highest BCUT2D eigenvalue weighted by Gasteiger charge is 2.15. The molecule has 2 aromatic rings. The molecule has 0 unspecified atom stereocenters. The summed E-state index contributed by atoms with van der Waals surface area (Å²) in [5, 5.41) is 0.993. The van der Waals surface area contributed by atoms with Gasteiger partial charge in [-0.1, -0.05) is 0 Å². The molecule has 0 aliphatic heterocycles. The summed E-state index contributed by atoms with van der Waals surface area (Å²) < 4.78 is 20.6. The predicted octanol–water partition coefficient (Wildman–Crippen LogP) is 3.42. The number of Topliss-reactive ketones (excluding diaryl/α,β-unsaturated/α-hetero) is 1. The number of rotatable bonds is 8.